The highest BCUT2D eigenvalue weighted by molar-refractivity contribution is 5.76. The van der Waals surface area contributed by atoms with Crippen LogP contribution in [0.1, 0.15) is 32.1 Å². The smallest absolute Gasteiger partial charge is 0.236 e. The molecule has 0 unspecified atom stereocenters. The first kappa shape index (κ1) is 9.93. The van der Waals surface area contributed by atoms with Crippen molar-refractivity contribution in [3.05, 3.63) is 0 Å². The van der Waals surface area contributed by atoms with E-state index in [-0.39, 0.29) is 5.91 Å². The molecule has 1 aliphatic carbocycles. The van der Waals surface area contributed by atoms with Gasteiger partial charge in [-0.1, -0.05) is 6.42 Å². The van der Waals surface area contributed by atoms with Crippen molar-refractivity contribution in [1.29, 1.82) is 0 Å². The molecule has 4 nitrogen and oxygen atoms in total. The van der Waals surface area contributed by atoms with Gasteiger partial charge in [-0.2, -0.15) is 0 Å². The molecule has 0 spiro atoms. The van der Waals surface area contributed by atoms with Crippen LogP contribution in [0.4, 0.5) is 0 Å². The van der Waals surface area contributed by atoms with Crippen LogP contribution in [0.15, 0.2) is 0 Å². The molecule has 4 heteroatoms. The molecule has 1 aliphatic heterocycles. The lowest BCUT2D eigenvalue weighted by Crippen LogP contribution is -2.57. The van der Waals surface area contributed by atoms with Gasteiger partial charge in [-0.25, -0.2) is 5.01 Å². The fourth-order valence-electron chi connectivity index (χ4n) is 2.23. The van der Waals surface area contributed by atoms with Crippen molar-refractivity contribution in [2.75, 3.05) is 19.6 Å². The number of nitrogens with two attached hydrogens (primary N) is 1. The Morgan fingerprint density at radius 1 is 1.36 bits per heavy atom. The summed E-state index contributed by atoms with van der Waals surface area (Å²) in [5.74, 6) is 0.258. The monoisotopic (exact) mass is 197 g/mol. The van der Waals surface area contributed by atoms with Gasteiger partial charge in [0.1, 0.15) is 0 Å². The lowest BCUT2D eigenvalue weighted by atomic mass is 9.92. The topological polar surface area (TPSA) is 49.6 Å². The average Bonchev–Trinajstić information content (AvgIpc) is 2.08. The molecule has 0 aromatic rings. The van der Waals surface area contributed by atoms with Gasteiger partial charge in [-0.3, -0.25) is 9.80 Å². The summed E-state index contributed by atoms with van der Waals surface area (Å²) in [6.45, 7) is 2.29. The van der Waals surface area contributed by atoms with Gasteiger partial charge >= 0.3 is 0 Å². The SMILES string of the molecule is NCCN1C(=O)CCCN1C1CCC1. The Bertz CT molecular complexity index is 215. The number of rotatable bonds is 3. The van der Waals surface area contributed by atoms with Crippen LogP contribution < -0.4 is 5.73 Å². The van der Waals surface area contributed by atoms with E-state index in [1.54, 1.807) is 0 Å². The first-order valence-corrected chi connectivity index (χ1v) is 5.60. The number of carbonyl (C=O) groups excluding carboxylic acids is 1. The Balaban J connectivity index is 1.99. The molecule has 1 saturated heterocycles. The Morgan fingerprint density at radius 3 is 2.71 bits per heavy atom. The maximum Gasteiger partial charge on any atom is 0.236 e. The Labute approximate surface area is 85.0 Å². The minimum atomic E-state index is 0.258. The minimum absolute atomic E-state index is 0.258. The molecule has 2 rings (SSSR count). The second-order valence-corrected chi connectivity index (χ2v) is 4.16. The summed E-state index contributed by atoms with van der Waals surface area (Å²) in [4.78, 5) is 11.7. The van der Waals surface area contributed by atoms with Crippen LogP contribution in [0.5, 0.6) is 0 Å². The molecule has 2 fully saturated rings. The standard InChI is InChI=1S/C10H19N3O/c11-6-8-13-10(14)5-2-7-12(13)9-3-1-4-9/h9H,1-8,11H2. The van der Waals surface area contributed by atoms with Crippen molar-refractivity contribution in [3.63, 3.8) is 0 Å². The van der Waals surface area contributed by atoms with Crippen LogP contribution in [0.2, 0.25) is 0 Å². The Morgan fingerprint density at radius 2 is 2.14 bits per heavy atom. The predicted octanol–water partition coefficient (Wildman–Crippen LogP) is 0.337. The van der Waals surface area contributed by atoms with Crippen molar-refractivity contribution in [3.8, 4) is 0 Å². The highest BCUT2D eigenvalue weighted by Crippen LogP contribution is 2.28. The van der Waals surface area contributed by atoms with Crippen LogP contribution in [0.3, 0.4) is 0 Å². The van der Waals surface area contributed by atoms with Gasteiger partial charge < -0.3 is 5.73 Å². The molecule has 2 N–H and O–H groups in total. The van der Waals surface area contributed by atoms with Crippen molar-refractivity contribution < 1.29 is 4.79 Å². The lowest BCUT2D eigenvalue weighted by molar-refractivity contribution is -0.165. The molecular weight excluding hydrogens is 178 g/mol. The molecule has 0 atom stereocenters. The first-order chi connectivity index (χ1) is 6.83. The summed E-state index contributed by atoms with van der Waals surface area (Å²) in [6, 6.07) is 0.616. The molecule has 0 bridgehead atoms. The van der Waals surface area contributed by atoms with E-state index in [0.29, 0.717) is 25.6 Å². The third kappa shape index (κ3) is 1.77. The van der Waals surface area contributed by atoms with Gasteiger partial charge in [0.15, 0.2) is 0 Å². The number of hydrogen-bond donors (Lipinski definition) is 1. The van der Waals surface area contributed by atoms with Gasteiger partial charge in [0.2, 0.25) is 5.91 Å². The molecule has 0 radical (unpaired) electrons. The first-order valence-electron chi connectivity index (χ1n) is 5.60. The molecule has 14 heavy (non-hydrogen) atoms. The summed E-state index contributed by atoms with van der Waals surface area (Å²) in [5.41, 5.74) is 5.52. The minimum Gasteiger partial charge on any atom is -0.329 e. The second-order valence-electron chi connectivity index (χ2n) is 4.16. The van der Waals surface area contributed by atoms with Crippen LogP contribution in [-0.2, 0) is 4.79 Å². The quantitative estimate of drug-likeness (QED) is 0.709. The molecule has 80 valence electrons. The molecule has 0 aromatic carbocycles. The van der Waals surface area contributed by atoms with Gasteiger partial charge in [0.05, 0.1) is 0 Å². The molecule has 1 heterocycles. The van der Waals surface area contributed by atoms with Gasteiger partial charge in [0.25, 0.3) is 0 Å². The zero-order valence-corrected chi connectivity index (χ0v) is 8.61. The molecule has 1 saturated carbocycles. The number of carbonyl (C=O) groups is 1. The Hall–Kier alpha value is -0.610. The van der Waals surface area contributed by atoms with Gasteiger partial charge in [-0.05, 0) is 19.3 Å². The fourth-order valence-corrected chi connectivity index (χ4v) is 2.23. The van der Waals surface area contributed by atoms with E-state index in [0.717, 1.165) is 13.0 Å². The van der Waals surface area contributed by atoms with E-state index in [2.05, 4.69) is 5.01 Å². The van der Waals surface area contributed by atoms with E-state index < -0.39 is 0 Å². The van der Waals surface area contributed by atoms with Crippen molar-refractivity contribution in [2.45, 2.75) is 38.1 Å². The zero-order chi connectivity index (χ0) is 9.97. The summed E-state index contributed by atoms with van der Waals surface area (Å²) in [5, 5.41) is 4.13. The maximum atomic E-state index is 11.7. The molecular formula is C10H19N3O. The van der Waals surface area contributed by atoms with E-state index in [1.807, 2.05) is 5.01 Å². The van der Waals surface area contributed by atoms with Crippen molar-refractivity contribution in [1.82, 2.24) is 10.0 Å². The summed E-state index contributed by atoms with van der Waals surface area (Å²) >= 11 is 0. The number of hydrogen-bond acceptors (Lipinski definition) is 3. The van der Waals surface area contributed by atoms with Crippen LogP contribution >= 0.6 is 0 Å². The highest BCUT2D eigenvalue weighted by Gasteiger charge is 2.33. The maximum absolute atomic E-state index is 11.7. The van der Waals surface area contributed by atoms with Gasteiger partial charge in [0, 0.05) is 32.1 Å². The zero-order valence-electron chi connectivity index (χ0n) is 8.61. The van der Waals surface area contributed by atoms with Crippen LogP contribution in [0.25, 0.3) is 0 Å². The highest BCUT2D eigenvalue weighted by atomic mass is 16.2. The Kier molecular flexibility index (Phi) is 3.03. The molecule has 1 amide bonds. The van der Waals surface area contributed by atoms with E-state index in [4.69, 9.17) is 5.73 Å². The lowest BCUT2D eigenvalue weighted by Gasteiger charge is -2.46. The van der Waals surface area contributed by atoms with Crippen LogP contribution in [-0.4, -0.2) is 41.6 Å². The van der Waals surface area contributed by atoms with E-state index in [1.165, 1.54) is 19.3 Å². The summed E-state index contributed by atoms with van der Waals surface area (Å²) in [6.07, 6.45) is 5.51. The van der Waals surface area contributed by atoms with E-state index >= 15 is 0 Å². The third-order valence-corrected chi connectivity index (χ3v) is 3.21. The summed E-state index contributed by atoms with van der Waals surface area (Å²) < 4.78 is 0. The summed E-state index contributed by atoms with van der Waals surface area (Å²) in [7, 11) is 0. The normalized spacial score (nSPS) is 25.2. The largest absolute Gasteiger partial charge is 0.329 e. The third-order valence-electron chi connectivity index (χ3n) is 3.21. The number of hydrazine groups is 1. The second kappa shape index (κ2) is 4.28. The van der Waals surface area contributed by atoms with Crippen molar-refractivity contribution in [2.24, 2.45) is 5.73 Å². The fraction of sp³-hybridized carbons (Fsp3) is 0.900. The molecule has 2 aliphatic rings. The molecule has 0 aromatic heterocycles. The average molecular weight is 197 g/mol. The van der Waals surface area contributed by atoms with Crippen LogP contribution in [0, 0.1) is 0 Å². The number of amides is 1. The number of nitrogens with zero attached hydrogens (tertiary/aromatic N) is 2. The van der Waals surface area contributed by atoms with Gasteiger partial charge in [-0.15, -0.1) is 0 Å². The predicted molar refractivity (Wildman–Crippen MR) is 54.3 cm³/mol. The van der Waals surface area contributed by atoms with E-state index in [9.17, 15) is 4.79 Å². The van der Waals surface area contributed by atoms with Crippen molar-refractivity contribution >= 4 is 5.91 Å².